The number of hydrogen-bond donors (Lipinski definition) is 1. The summed E-state index contributed by atoms with van der Waals surface area (Å²) in [7, 11) is 0. The van der Waals surface area contributed by atoms with Gasteiger partial charge >= 0.3 is 17.9 Å². The highest BCUT2D eigenvalue weighted by atomic mass is 16.7. The molecule has 1 aromatic rings. The molecule has 1 saturated heterocycles. The summed E-state index contributed by atoms with van der Waals surface area (Å²) in [5, 5.41) is 21.4. The zero-order valence-electron chi connectivity index (χ0n) is 16.4. The van der Waals surface area contributed by atoms with Gasteiger partial charge in [0.2, 0.25) is 6.29 Å². The summed E-state index contributed by atoms with van der Waals surface area (Å²) < 4.78 is 26.3. The molecule has 1 aliphatic rings. The number of non-ortho nitro benzene ring substituents is 1. The highest BCUT2D eigenvalue weighted by molar-refractivity contribution is 5.67. The first-order valence-electron chi connectivity index (χ1n) is 8.81. The summed E-state index contributed by atoms with van der Waals surface area (Å²) in [5.41, 5.74) is -0.173. The van der Waals surface area contributed by atoms with Crippen LogP contribution in [0.2, 0.25) is 0 Å². The van der Waals surface area contributed by atoms with E-state index >= 15 is 0 Å². The monoisotopic (exact) mass is 427 g/mol. The van der Waals surface area contributed by atoms with Gasteiger partial charge in [-0.2, -0.15) is 0 Å². The van der Waals surface area contributed by atoms with Gasteiger partial charge in [0.15, 0.2) is 18.3 Å². The number of ether oxygens (including phenoxy) is 5. The fourth-order valence-corrected chi connectivity index (χ4v) is 2.77. The van der Waals surface area contributed by atoms with Crippen molar-refractivity contribution < 1.29 is 48.1 Å². The molecule has 0 bridgehead atoms. The molecule has 30 heavy (non-hydrogen) atoms. The molecule has 1 heterocycles. The average molecular weight is 427 g/mol. The first-order chi connectivity index (χ1) is 14.1. The molecule has 1 aliphatic heterocycles. The number of aliphatic hydroxyl groups excluding tert-OH is 1. The number of benzene rings is 1. The van der Waals surface area contributed by atoms with E-state index in [-0.39, 0.29) is 18.0 Å². The van der Waals surface area contributed by atoms with Gasteiger partial charge in [0.25, 0.3) is 5.69 Å². The topological polar surface area (TPSA) is 161 Å². The lowest BCUT2D eigenvalue weighted by Gasteiger charge is -2.42. The van der Waals surface area contributed by atoms with Crippen LogP contribution >= 0.6 is 0 Å². The third-order valence-corrected chi connectivity index (χ3v) is 3.97. The summed E-state index contributed by atoms with van der Waals surface area (Å²) in [6.45, 7) is 2.99. The van der Waals surface area contributed by atoms with Gasteiger partial charge < -0.3 is 28.8 Å². The Bertz CT molecular complexity index is 794. The van der Waals surface area contributed by atoms with Gasteiger partial charge in [-0.15, -0.1) is 0 Å². The smallest absolute Gasteiger partial charge is 0.303 e. The Morgan fingerprint density at radius 1 is 1.03 bits per heavy atom. The normalized spacial score (nSPS) is 25.7. The van der Waals surface area contributed by atoms with Crippen molar-refractivity contribution in [2.45, 2.75) is 51.5 Å². The minimum atomic E-state index is -1.60. The standard InChI is InChI=1S/C18H21NO11/c1-9(20)26-8-14-16(27-10(2)21)17(28-11(3)22)15(23)18(30-14)29-13-6-4-12(5-7-13)19(24)25/h4-7,14-18,23H,8H2,1-3H3/t14-,15+,16-,17+,18+/m0/s1. The molecule has 12 nitrogen and oxygen atoms in total. The number of rotatable bonds is 7. The van der Waals surface area contributed by atoms with Crippen molar-refractivity contribution in [2.24, 2.45) is 0 Å². The van der Waals surface area contributed by atoms with E-state index in [4.69, 9.17) is 23.7 Å². The highest BCUT2D eigenvalue weighted by Gasteiger charge is 2.50. The molecule has 1 aromatic carbocycles. The second-order valence-corrected chi connectivity index (χ2v) is 6.35. The summed E-state index contributed by atoms with van der Waals surface area (Å²) in [6, 6.07) is 4.95. The number of carbonyl (C=O) groups is 3. The molecule has 5 atom stereocenters. The largest absolute Gasteiger partial charge is 0.463 e. The molecular weight excluding hydrogens is 406 g/mol. The van der Waals surface area contributed by atoms with E-state index < -0.39 is 53.5 Å². The van der Waals surface area contributed by atoms with Crippen LogP contribution in [0.5, 0.6) is 5.75 Å². The molecule has 0 aliphatic carbocycles. The van der Waals surface area contributed by atoms with E-state index in [1.165, 1.54) is 24.3 Å². The molecule has 2 rings (SSSR count). The zero-order chi connectivity index (χ0) is 22.4. The second kappa shape index (κ2) is 9.98. The van der Waals surface area contributed by atoms with Gasteiger partial charge in [0.05, 0.1) is 4.92 Å². The number of nitrogens with zero attached hydrogens (tertiary/aromatic N) is 1. The predicted molar refractivity (Wildman–Crippen MR) is 96.1 cm³/mol. The van der Waals surface area contributed by atoms with Crippen molar-refractivity contribution in [3.63, 3.8) is 0 Å². The average Bonchev–Trinajstić information content (AvgIpc) is 2.65. The molecule has 0 radical (unpaired) electrons. The van der Waals surface area contributed by atoms with Crippen molar-refractivity contribution in [3.05, 3.63) is 34.4 Å². The zero-order valence-corrected chi connectivity index (χ0v) is 16.4. The molecule has 1 fully saturated rings. The van der Waals surface area contributed by atoms with Crippen molar-refractivity contribution in [2.75, 3.05) is 6.61 Å². The Hall–Kier alpha value is -3.25. The van der Waals surface area contributed by atoms with Gasteiger partial charge in [-0.3, -0.25) is 24.5 Å². The first kappa shape index (κ1) is 23.0. The molecule has 164 valence electrons. The lowest BCUT2D eigenvalue weighted by Crippen LogP contribution is -2.62. The van der Waals surface area contributed by atoms with Crippen molar-refractivity contribution >= 4 is 23.6 Å². The fourth-order valence-electron chi connectivity index (χ4n) is 2.77. The molecule has 0 aromatic heterocycles. The molecule has 0 amide bonds. The Labute approximate surface area is 170 Å². The van der Waals surface area contributed by atoms with E-state index in [0.29, 0.717) is 0 Å². The number of carbonyl (C=O) groups excluding carboxylic acids is 3. The van der Waals surface area contributed by atoms with Crippen molar-refractivity contribution in [1.82, 2.24) is 0 Å². The van der Waals surface area contributed by atoms with Crippen LogP contribution in [0.3, 0.4) is 0 Å². The quantitative estimate of drug-likeness (QED) is 0.279. The molecule has 0 spiro atoms. The van der Waals surface area contributed by atoms with Crippen LogP contribution in [-0.4, -0.2) is 65.3 Å². The maximum absolute atomic E-state index is 11.5. The van der Waals surface area contributed by atoms with E-state index in [1.807, 2.05) is 0 Å². The summed E-state index contributed by atoms with van der Waals surface area (Å²) in [5.74, 6) is -2.03. The van der Waals surface area contributed by atoms with Gasteiger partial charge in [-0.05, 0) is 12.1 Å². The van der Waals surface area contributed by atoms with Crippen LogP contribution < -0.4 is 4.74 Å². The second-order valence-electron chi connectivity index (χ2n) is 6.35. The molecular formula is C18H21NO11. The third-order valence-electron chi connectivity index (χ3n) is 3.97. The first-order valence-corrected chi connectivity index (χ1v) is 8.81. The molecule has 0 unspecified atom stereocenters. The SMILES string of the molecule is CC(=O)OC[C@@H]1O[C@@H](Oc2ccc([N+](=O)[O-])cc2)[C@H](O)[C@@H](OC(C)=O)[C@H]1OC(C)=O. The maximum atomic E-state index is 11.5. The van der Waals surface area contributed by atoms with Crippen LogP contribution in [0.1, 0.15) is 20.8 Å². The van der Waals surface area contributed by atoms with Crippen molar-refractivity contribution in [3.8, 4) is 5.75 Å². The van der Waals surface area contributed by atoms with Gasteiger partial charge in [0, 0.05) is 32.9 Å². The number of nitro benzene ring substituents is 1. The maximum Gasteiger partial charge on any atom is 0.303 e. The lowest BCUT2D eigenvalue weighted by molar-refractivity contribution is -0.384. The number of esters is 3. The van der Waals surface area contributed by atoms with Gasteiger partial charge in [-0.25, -0.2) is 0 Å². The number of nitro groups is 1. The fraction of sp³-hybridized carbons (Fsp3) is 0.500. The van der Waals surface area contributed by atoms with E-state index in [0.717, 1.165) is 20.8 Å². The predicted octanol–water partition coefficient (Wildman–Crippen LogP) is 0.486. The van der Waals surface area contributed by atoms with Crippen LogP contribution in [0.4, 0.5) is 5.69 Å². The summed E-state index contributed by atoms with van der Waals surface area (Å²) in [6.07, 6.45) is -6.82. The van der Waals surface area contributed by atoms with E-state index in [2.05, 4.69) is 0 Å². The van der Waals surface area contributed by atoms with Crippen LogP contribution in [0, 0.1) is 10.1 Å². The number of hydrogen-bond acceptors (Lipinski definition) is 11. The van der Waals surface area contributed by atoms with Crippen LogP contribution in [-0.2, 0) is 33.3 Å². The Morgan fingerprint density at radius 3 is 2.10 bits per heavy atom. The highest BCUT2D eigenvalue weighted by Crippen LogP contribution is 2.29. The summed E-state index contributed by atoms with van der Waals surface area (Å²) in [4.78, 5) is 44.4. The van der Waals surface area contributed by atoms with E-state index in [1.54, 1.807) is 0 Å². The molecule has 1 N–H and O–H groups in total. The minimum Gasteiger partial charge on any atom is -0.463 e. The minimum absolute atomic E-state index is 0.114. The van der Waals surface area contributed by atoms with Crippen LogP contribution in [0.25, 0.3) is 0 Å². The van der Waals surface area contributed by atoms with Crippen LogP contribution in [0.15, 0.2) is 24.3 Å². The van der Waals surface area contributed by atoms with Gasteiger partial charge in [0.1, 0.15) is 18.5 Å². The lowest BCUT2D eigenvalue weighted by atomic mass is 9.98. The Balaban J connectivity index is 2.28. The van der Waals surface area contributed by atoms with Crippen molar-refractivity contribution in [1.29, 1.82) is 0 Å². The summed E-state index contributed by atoms with van der Waals surface area (Å²) >= 11 is 0. The van der Waals surface area contributed by atoms with Gasteiger partial charge in [-0.1, -0.05) is 0 Å². The Kier molecular flexibility index (Phi) is 7.66. The number of aliphatic hydroxyl groups is 1. The van der Waals surface area contributed by atoms with E-state index in [9.17, 15) is 29.6 Å². The Morgan fingerprint density at radius 2 is 1.60 bits per heavy atom. The third kappa shape index (κ3) is 6.12. The molecule has 12 heteroatoms. The molecule has 0 saturated carbocycles.